The molecule has 0 bridgehead atoms. The molecule has 0 amide bonds. The highest BCUT2D eigenvalue weighted by atomic mass is 32.7. The lowest BCUT2D eigenvalue weighted by Crippen LogP contribution is -2.31. The van der Waals surface area contributed by atoms with E-state index in [-0.39, 0.29) is 11.3 Å². The van der Waals surface area contributed by atoms with Crippen molar-refractivity contribution in [1.82, 2.24) is 39.0 Å². The lowest BCUT2D eigenvalue weighted by Gasteiger charge is -2.16. The minimum absolute atomic E-state index is 0.267. The number of fused-ring (bicyclic) bond motifs is 2. The van der Waals surface area contributed by atoms with E-state index in [9.17, 15) is 19.3 Å². The molecule has 0 spiro atoms. The van der Waals surface area contributed by atoms with Gasteiger partial charge in [0.05, 0.1) is 25.9 Å². The van der Waals surface area contributed by atoms with Crippen molar-refractivity contribution in [3.63, 3.8) is 0 Å². The Bertz CT molecular complexity index is 1700. The van der Waals surface area contributed by atoms with Gasteiger partial charge in [0, 0.05) is 13.1 Å². The summed E-state index contributed by atoms with van der Waals surface area (Å²) in [5.74, 6) is 0.746. The smallest absolute Gasteiger partial charge is 0.243 e. The van der Waals surface area contributed by atoms with E-state index in [0.717, 1.165) is 0 Å². The Hall–Kier alpha value is -2.78. The fourth-order valence-electron chi connectivity index (χ4n) is 5.46. The molecule has 2 saturated heterocycles. The second-order valence-electron chi connectivity index (χ2n) is 10.4. The molecule has 4 aromatic rings. The summed E-state index contributed by atoms with van der Waals surface area (Å²) in [5, 5.41) is 25.4. The van der Waals surface area contributed by atoms with E-state index < -0.39 is 76.9 Å². The quantitative estimate of drug-likeness (QED) is 0.0615. The molecule has 2 aliphatic heterocycles. The average molecular weight is 751 g/mol. The number of nitrogens with one attached hydrogen (secondary N) is 2. The van der Waals surface area contributed by atoms with Crippen molar-refractivity contribution in [3.05, 3.63) is 37.5 Å². The topological polar surface area (TPSA) is 223 Å². The number of rotatable bonds is 14. The highest BCUT2D eigenvalue weighted by Crippen LogP contribution is 2.42. The fraction of sp³-hybridized carbons (Fsp3) is 0.500. The predicted octanol–water partition coefficient (Wildman–Crippen LogP) is 1.91. The van der Waals surface area contributed by atoms with Crippen molar-refractivity contribution in [3.8, 4) is 0 Å². The molecular weight excluding hydrogens is 720 g/mol. The molecule has 18 nitrogen and oxygen atoms in total. The first kappa shape index (κ1) is 35.1. The number of hydrogen-bond acceptors (Lipinski definition) is 16. The predicted molar refractivity (Wildman–Crippen MR) is 174 cm³/mol. The van der Waals surface area contributed by atoms with Crippen molar-refractivity contribution in [2.45, 2.75) is 49.2 Å². The van der Waals surface area contributed by atoms with Crippen molar-refractivity contribution in [2.75, 3.05) is 36.9 Å². The molecule has 2 aliphatic rings. The first-order valence-corrected chi connectivity index (χ1v) is 19.5. The molecule has 4 N–H and O–H groups in total. The molecule has 6 heterocycles. The number of aliphatic hydroxyl groups excluding tert-OH is 2. The number of ether oxygens (including phenoxy) is 2. The van der Waals surface area contributed by atoms with Gasteiger partial charge < -0.3 is 39.4 Å². The van der Waals surface area contributed by atoms with Crippen molar-refractivity contribution >= 4 is 72.9 Å². The molecule has 10 atom stereocenters. The molecule has 6 rings (SSSR count). The number of anilines is 2. The lowest BCUT2D eigenvalue weighted by molar-refractivity contribution is -0.0427. The van der Waals surface area contributed by atoms with Crippen LogP contribution in [0.4, 0.5) is 20.4 Å². The standard InChI is InChI=1S/C24H30F2N10O8P2S2/c25-13-17(43-45(39)47)11(5-37)41-23(13)35-9-33-15-19(29-7-31-21(15)35)27-3-1-2-4-28-20-16-22(32-8-30-20)36(10-34-16)24-14(26)18(44-46(40)48)12(6-38)42-24/h1-2,7-14,17-18,23-24,37-38,45-46H,3-6H2,(H,39,47)(H,40,48)(H,27,29,31)(H,28,30,32)/b2-1-/t11-,12?,13-,14-,17?,18-,23?,24-/m1/s1. The van der Waals surface area contributed by atoms with Gasteiger partial charge >= 0.3 is 0 Å². The number of alkyl halides is 2. The molecular formula is C24H30F2N10O8P2S2. The molecule has 4 aromatic heterocycles. The molecule has 48 heavy (non-hydrogen) atoms. The van der Waals surface area contributed by atoms with Crippen LogP contribution in [0.1, 0.15) is 12.5 Å². The first-order chi connectivity index (χ1) is 23.2. The minimum Gasteiger partial charge on any atom is -0.394 e. The van der Waals surface area contributed by atoms with Crippen molar-refractivity contribution in [1.29, 1.82) is 0 Å². The van der Waals surface area contributed by atoms with Crippen LogP contribution in [0.5, 0.6) is 0 Å². The molecule has 2 fully saturated rings. The Morgan fingerprint density at radius 3 is 1.56 bits per heavy atom. The van der Waals surface area contributed by atoms with Crippen LogP contribution < -0.4 is 10.6 Å². The van der Waals surface area contributed by atoms with Crippen LogP contribution in [0, 0.1) is 0 Å². The van der Waals surface area contributed by atoms with E-state index in [1.807, 2.05) is 12.2 Å². The Morgan fingerprint density at radius 1 is 0.771 bits per heavy atom. The van der Waals surface area contributed by atoms with Gasteiger partial charge in [-0.25, -0.2) is 38.7 Å². The monoisotopic (exact) mass is 750 g/mol. The van der Waals surface area contributed by atoms with Gasteiger partial charge in [-0.05, 0) is 0 Å². The number of nitrogens with zero attached hydrogens (tertiary/aromatic N) is 8. The van der Waals surface area contributed by atoms with Gasteiger partial charge in [-0.2, -0.15) is 0 Å². The lowest BCUT2D eigenvalue weighted by atomic mass is 10.1. The molecule has 5 unspecified atom stereocenters. The molecule has 0 aromatic carbocycles. The summed E-state index contributed by atoms with van der Waals surface area (Å²) in [6.45, 7) is -0.455. The Labute approximate surface area is 281 Å². The molecule has 0 radical (unpaired) electrons. The second kappa shape index (κ2) is 15.4. The number of hydrogen-bond donors (Lipinski definition) is 6. The molecule has 0 aliphatic carbocycles. The summed E-state index contributed by atoms with van der Waals surface area (Å²) in [4.78, 5) is 25.5. The van der Waals surface area contributed by atoms with Crippen molar-refractivity contribution in [2.24, 2.45) is 0 Å². The van der Waals surface area contributed by atoms with E-state index in [4.69, 9.17) is 18.5 Å². The van der Waals surface area contributed by atoms with E-state index in [0.29, 0.717) is 35.8 Å². The fourth-order valence-corrected chi connectivity index (χ4v) is 7.22. The van der Waals surface area contributed by atoms with Crippen LogP contribution in [0.2, 0.25) is 0 Å². The number of halogens is 2. The van der Waals surface area contributed by atoms with Gasteiger partial charge in [-0.15, -0.1) is 0 Å². The summed E-state index contributed by atoms with van der Waals surface area (Å²) in [6.07, 6.45) is -1.86. The van der Waals surface area contributed by atoms with Crippen LogP contribution in [0.25, 0.3) is 22.3 Å². The Kier molecular flexibility index (Phi) is 11.3. The highest BCUT2D eigenvalue weighted by Gasteiger charge is 2.49. The largest absolute Gasteiger partial charge is 0.394 e. The Balaban J connectivity index is 1.07. The van der Waals surface area contributed by atoms with Crippen LogP contribution in [-0.2, 0) is 27.7 Å². The van der Waals surface area contributed by atoms with Gasteiger partial charge in [0.25, 0.3) is 0 Å². The maximum atomic E-state index is 15.2. The van der Waals surface area contributed by atoms with Gasteiger partial charge in [0.2, 0.25) is 14.5 Å². The number of imidazole rings is 2. The van der Waals surface area contributed by atoms with Gasteiger partial charge in [0.15, 0.2) is 58.8 Å². The molecule has 0 saturated carbocycles. The summed E-state index contributed by atoms with van der Waals surface area (Å²) in [6, 6.07) is 0. The zero-order chi connectivity index (χ0) is 33.9. The molecule has 260 valence electrons. The molecule has 24 heteroatoms. The van der Waals surface area contributed by atoms with Gasteiger partial charge in [0.1, 0.15) is 37.1 Å². The van der Waals surface area contributed by atoms with Crippen LogP contribution in [-0.4, -0.2) is 112 Å². The summed E-state index contributed by atoms with van der Waals surface area (Å²) in [7, 11) is -5.58. The van der Waals surface area contributed by atoms with Gasteiger partial charge in [-0.3, -0.25) is 18.3 Å². The third kappa shape index (κ3) is 7.09. The van der Waals surface area contributed by atoms with E-state index in [1.165, 1.54) is 34.4 Å². The van der Waals surface area contributed by atoms with Crippen LogP contribution in [0.15, 0.2) is 37.5 Å². The number of aromatic nitrogens is 8. The third-order valence-electron chi connectivity index (χ3n) is 7.57. The zero-order valence-corrected chi connectivity index (χ0v) is 28.3. The summed E-state index contributed by atoms with van der Waals surface area (Å²) in [5.41, 5.74) is 1.22. The maximum absolute atomic E-state index is 15.2. The summed E-state index contributed by atoms with van der Waals surface area (Å²) < 4.78 is 77.6. The number of thiol groups is 2. The van der Waals surface area contributed by atoms with Gasteiger partial charge in [-0.1, -0.05) is 36.6 Å². The van der Waals surface area contributed by atoms with Crippen LogP contribution >= 0.6 is 39.0 Å². The Morgan fingerprint density at radius 2 is 1.19 bits per heavy atom. The SMILES string of the molecule is O=[PH](S)OC1[C@@H](F)C(n2cnc3c(NC/C=C\CNc4ncnc5c4ncn5[C@@H]4OC(CO)[C@@H](O[PH](=O)S)[C@H]4F)ncnc32)O[C@@H]1CO. The average Bonchev–Trinajstić information content (AvgIpc) is 3.83. The number of aliphatic hydroxyl groups is 2. The highest BCUT2D eigenvalue weighted by molar-refractivity contribution is 8.39. The maximum Gasteiger partial charge on any atom is 0.243 e. The van der Waals surface area contributed by atoms with Crippen LogP contribution in [0.3, 0.4) is 0 Å². The minimum atomic E-state index is -2.79. The summed E-state index contributed by atoms with van der Waals surface area (Å²) >= 11 is 7.42. The van der Waals surface area contributed by atoms with E-state index in [1.54, 1.807) is 0 Å². The normalized spacial score (nSPS) is 28.9. The van der Waals surface area contributed by atoms with E-state index in [2.05, 4.69) is 65.0 Å². The zero-order valence-electron chi connectivity index (χ0n) is 24.5. The third-order valence-corrected chi connectivity index (χ3v) is 9.15. The second-order valence-corrected chi connectivity index (χ2v) is 14.1. The van der Waals surface area contributed by atoms with E-state index >= 15 is 8.78 Å². The van der Waals surface area contributed by atoms with Crippen molar-refractivity contribution < 1.29 is 46.6 Å². The first-order valence-electron chi connectivity index (χ1n) is 14.3.